The van der Waals surface area contributed by atoms with E-state index in [1.54, 1.807) is 0 Å². The van der Waals surface area contributed by atoms with Gasteiger partial charge in [0.05, 0.1) is 9.13 Å². The Kier molecular flexibility index (Phi) is 3.02. The van der Waals surface area contributed by atoms with E-state index in [0.717, 1.165) is 32.3 Å². The van der Waals surface area contributed by atoms with Crippen LogP contribution in [0.4, 0.5) is 4.39 Å². The van der Waals surface area contributed by atoms with E-state index in [-0.39, 0.29) is 5.82 Å². The third-order valence-corrected chi connectivity index (χ3v) is 5.02. The van der Waals surface area contributed by atoms with Crippen LogP contribution in [0.5, 0.6) is 0 Å². The van der Waals surface area contributed by atoms with E-state index < -0.39 is 0 Å². The molecule has 22 heavy (non-hydrogen) atoms. The van der Waals surface area contributed by atoms with Gasteiger partial charge in [0.15, 0.2) is 0 Å². The Morgan fingerprint density at radius 2 is 1.41 bits per heavy atom. The van der Waals surface area contributed by atoms with E-state index in [1.165, 1.54) is 6.07 Å². The second-order valence-corrected chi connectivity index (χ2v) is 6.36. The lowest BCUT2D eigenvalue weighted by atomic mass is 9.97. The van der Waals surface area contributed by atoms with Crippen LogP contribution in [0.25, 0.3) is 32.3 Å². The first-order chi connectivity index (χ1) is 10.7. The Morgan fingerprint density at radius 3 is 2.05 bits per heavy atom. The first-order valence-electron chi connectivity index (χ1n) is 6.82. The molecule has 0 aliphatic rings. The maximum absolute atomic E-state index is 14.0. The third-order valence-electron chi connectivity index (χ3n) is 3.97. The van der Waals surface area contributed by atoms with E-state index in [2.05, 4.69) is 30.3 Å². The molecular weight excluding hydrogens is 388 g/mol. The normalized spacial score (nSPS) is 11.1. The van der Waals surface area contributed by atoms with Crippen LogP contribution in [0.15, 0.2) is 54.6 Å². The van der Waals surface area contributed by atoms with Gasteiger partial charge in [0, 0.05) is 5.39 Å². The van der Waals surface area contributed by atoms with Crippen molar-refractivity contribution in [2.24, 2.45) is 0 Å². The lowest BCUT2D eigenvalue weighted by molar-refractivity contribution is 0.622. The molecule has 0 atom stereocenters. The molecule has 4 rings (SSSR count). The highest BCUT2D eigenvalue weighted by Crippen LogP contribution is 2.31. The highest BCUT2D eigenvalue weighted by Gasteiger charge is 2.12. The fourth-order valence-electron chi connectivity index (χ4n) is 2.89. The predicted octanol–water partition coefficient (Wildman–Crippen LogP) is 5.76. The number of benzene rings is 4. The number of hydrogen-bond donors (Lipinski definition) is 0. The zero-order valence-corrected chi connectivity index (χ0v) is 13.6. The average Bonchev–Trinajstić information content (AvgIpc) is 2.53. The van der Waals surface area contributed by atoms with Crippen LogP contribution in [0.3, 0.4) is 0 Å². The molecule has 0 unspecified atom stereocenters. The van der Waals surface area contributed by atoms with Crippen LogP contribution in [0.1, 0.15) is 5.56 Å². The molecule has 3 heteroatoms. The van der Waals surface area contributed by atoms with Crippen molar-refractivity contribution in [3.8, 4) is 6.07 Å². The molecule has 0 heterocycles. The molecule has 0 aromatic heterocycles. The highest BCUT2D eigenvalue weighted by atomic mass is 127. The van der Waals surface area contributed by atoms with Gasteiger partial charge in [-0.25, -0.2) is 4.39 Å². The van der Waals surface area contributed by atoms with Gasteiger partial charge in [-0.2, -0.15) is 5.26 Å². The van der Waals surface area contributed by atoms with Crippen molar-refractivity contribution in [2.75, 3.05) is 0 Å². The molecule has 0 saturated heterocycles. The van der Waals surface area contributed by atoms with Gasteiger partial charge in [0.2, 0.25) is 0 Å². The minimum Gasteiger partial charge on any atom is -0.206 e. The molecule has 0 fully saturated rings. The predicted molar refractivity (Wildman–Crippen MR) is 96.4 cm³/mol. The van der Waals surface area contributed by atoms with Gasteiger partial charge >= 0.3 is 0 Å². The molecular formula is C19H9FIN. The summed E-state index contributed by atoms with van der Waals surface area (Å²) in [5, 5.41) is 15.3. The monoisotopic (exact) mass is 397 g/mol. The van der Waals surface area contributed by atoms with Crippen LogP contribution < -0.4 is 0 Å². The molecule has 0 saturated carbocycles. The summed E-state index contributed by atoms with van der Waals surface area (Å²) in [4.78, 5) is 0. The standard InChI is InChI=1S/C19H9FIN/c20-18-9-15-7-13-5-11-3-1-2-4-12(11)6-14(13)8-16(15)17(10-22)19(18)21/h1-9H. The van der Waals surface area contributed by atoms with Crippen LogP contribution in [-0.4, -0.2) is 0 Å². The number of fused-ring (bicyclic) bond motifs is 3. The van der Waals surface area contributed by atoms with Crippen molar-refractivity contribution in [3.05, 3.63) is 69.5 Å². The van der Waals surface area contributed by atoms with Gasteiger partial charge in [-0.1, -0.05) is 24.3 Å². The summed E-state index contributed by atoms with van der Waals surface area (Å²) in [6.45, 7) is 0. The molecule has 0 N–H and O–H groups in total. The van der Waals surface area contributed by atoms with E-state index in [0.29, 0.717) is 9.13 Å². The minimum absolute atomic E-state index is 0.343. The summed E-state index contributed by atoms with van der Waals surface area (Å²) >= 11 is 1.89. The Balaban J connectivity index is 2.19. The summed E-state index contributed by atoms with van der Waals surface area (Å²) in [6, 6.07) is 19.9. The van der Waals surface area contributed by atoms with E-state index in [1.807, 2.05) is 46.9 Å². The second kappa shape index (κ2) is 4.92. The van der Waals surface area contributed by atoms with Gasteiger partial charge in [0.1, 0.15) is 11.9 Å². The SMILES string of the molecule is N#Cc1c(I)c(F)cc2cc3cc4ccccc4cc3cc12. The molecule has 4 aromatic rings. The third kappa shape index (κ3) is 1.95. The number of rotatable bonds is 0. The minimum atomic E-state index is -0.343. The van der Waals surface area contributed by atoms with Crippen molar-refractivity contribution < 1.29 is 4.39 Å². The van der Waals surface area contributed by atoms with Gasteiger partial charge in [-0.05, 0) is 79.9 Å². The molecule has 1 nitrogen and oxygen atoms in total. The van der Waals surface area contributed by atoms with Crippen molar-refractivity contribution in [3.63, 3.8) is 0 Å². The highest BCUT2D eigenvalue weighted by molar-refractivity contribution is 14.1. The Morgan fingerprint density at radius 1 is 0.818 bits per heavy atom. The lowest BCUT2D eigenvalue weighted by Gasteiger charge is -2.08. The van der Waals surface area contributed by atoms with Crippen molar-refractivity contribution in [1.82, 2.24) is 0 Å². The summed E-state index contributed by atoms with van der Waals surface area (Å²) in [6.07, 6.45) is 0. The summed E-state index contributed by atoms with van der Waals surface area (Å²) in [5.41, 5.74) is 0.408. The first kappa shape index (κ1) is 13.5. The molecule has 4 aromatic carbocycles. The zero-order chi connectivity index (χ0) is 15.3. The van der Waals surface area contributed by atoms with Crippen molar-refractivity contribution in [1.29, 1.82) is 5.26 Å². The Hall–Kier alpha value is -2.19. The van der Waals surface area contributed by atoms with Crippen LogP contribution in [0, 0.1) is 20.7 Å². The van der Waals surface area contributed by atoms with Gasteiger partial charge in [0.25, 0.3) is 0 Å². The Bertz CT molecular complexity index is 1110. The molecule has 0 bridgehead atoms. The van der Waals surface area contributed by atoms with Gasteiger partial charge in [-0.15, -0.1) is 0 Å². The molecule has 0 radical (unpaired) electrons. The zero-order valence-electron chi connectivity index (χ0n) is 11.4. The summed E-state index contributed by atoms with van der Waals surface area (Å²) < 4.78 is 14.4. The van der Waals surface area contributed by atoms with Gasteiger partial charge < -0.3 is 0 Å². The topological polar surface area (TPSA) is 23.8 Å². The molecule has 104 valence electrons. The Labute approximate surface area is 140 Å². The molecule has 0 aliphatic heterocycles. The second-order valence-electron chi connectivity index (χ2n) is 5.28. The molecule has 0 aliphatic carbocycles. The fraction of sp³-hybridized carbons (Fsp3) is 0. The summed E-state index contributed by atoms with van der Waals surface area (Å²) in [7, 11) is 0. The van der Waals surface area contributed by atoms with E-state index >= 15 is 0 Å². The quantitative estimate of drug-likeness (QED) is 0.273. The number of hydrogen-bond acceptors (Lipinski definition) is 1. The van der Waals surface area contributed by atoms with Crippen LogP contribution in [0.2, 0.25) is 0 Å². The molecule has 0 amide bonds. The number of halogens is 2. The summed E-state index contributed by atoms with van der Waals surface area (Å²) in [5.74, 6) is -0.343. The van der Waals surface area contributed by atoms with Crippen LogP contribution in [-0.2, 0) is 0 Å². The molecule has 0 spiro atoms. The van der Waals surface area contributed by atoms with Gasteiger partial charge in [-0.3, -0.25) is 0 Å². The van der Waals surface area contributed by atoms with Crippen molar-refractivity contribution >= 4 is 54.9 Å². The smallest absolute Gasteiger partial charge is 0.138 e. The lowest BCUT2D eigenvalue weighted by Crippen LogP contribution is -1.91. The number of nitriles is 1. The van der Waals surface area contributed by atoms with E-state index in [9.17, 15) is 9.65 Å². The van der Waals surface area contributed by atoms with Crippen molar-refractivity contribution in [2.45, 2.75) is 0 Å². The maximum Gasteiger partial charge on any atom is 0.138 e. The first-order valence-corrected chi connectivity index (χ1v) is 7.89. The van der Waals surface area contributed by atoms with E-state index in [4.69, 9.17) is 0 Å². The maximum atomic E-state index is 14.0. The average molecular weight is 397 g/mol. The number of nitrogens with zero attached hydrogens (tertiary/aromatic N) is 1. The fourth-order valence-corrected chi connectivity index (χ4v) is 3.46. The largest absolute Gasteiger partial charge is 0.206 e. The van der Waals surface area contributed by atoms with Crippen LogP contribution >= 0.6 is 22.6 Å².